The van der Waals surface area contributed by atoms with Gasteiger partial charge in [-0.25, -0.2) is 0 Å². The third-order valence-corrected chi connectivity index (χ3v) is 4.27. The molecule has 0 radical (unpaired) electrons. The molecule has 1 aromatic heterocycles. The molecule has 1 N–H and O–H groups in total. The molecule has 0 unspecified atom stereocenters. The van der Waals surface area contributed by atoms with Crippen LogP contribution in [0.5, 0.6) is 0 Å². The Kier molecular flexibility index (Phi) is 6.16. The number of amides is 2. The number of thiophene rings is 1. The van der Waals surface area contributed by atoms with Crippen LogP contribution in [0.2, 0.25) is 0 Å². The second-order valence-electron chi connectivity index (χ2n) is 4.82. The van der Waals surface area contributed by atoms with Gasteiger partial charge in [0.2, 0.25) is 5.91 Å². The standard InChI is InChI=1S/C14H21N3O3S/c1-20-9-4-15-11-13(18)16-5-7-17(8-6-16)14(19)12-3-2-10-21-12/h2-3,10,15H,4-9,11H2,1H3. The van der Waals surface area contributed by atoms with Crippen LogP contribution < -0.4 is 5.32 Å². The first-order chi connectivity index (χ1) is 10.2. The third kappa shape index (κ3) is 4.52. The van der Waals surface area contributed by atoms with Gasteiger partial charge < -0.3 is 19.9 Å². The fourth-order valence-corrected chi connectivity index (χ4v) is 2.89. The molecule has 1 aliphatic heterocycles. The summed E-state index contributed by atoms with van der Waals surface area (Å²) in [6.45, 7) is 3.97. The van der Waals surface area contributed by atoms with Gasteiger partial charge in [-0.2, -0.15) is 0 Å². The first-order valence-corrected chi connectivity index (χ1v) is 7.90. The minimum atomic E-state index is 0.0651. The smallest absolute Gasteiger partial charge is 0.264 e. The van der Waals surface area contributed by atoms with Crippen LogP contribution in [0.15, 0.2) is 17.5 Å². The van der Waals surface area contributed by atoms with Crippen molar-refractivity contribution in [3.8, 4) is 0 Å². The second kappa shape index (κ2) is 8.11. The van der Waals surface area contributed by atoms with E-state index in [2.05, 4.69) is 5.32 Å². The summed E-state index contributed by atoms with van der Waals surface area (Å²) in [5.41, 5.74) is 0. The number of ether oxygens (including phenoxy) is 1. The number of carbonyl (C=O) groups is 2. The van der Waals surface area contributed by atoms with Crippen molar-refractivity contribution in [3.63, 3.8) is 0 Å². The average molecular weight is 311 g/mol. The van der Waals surface area contributed by atoms with Crippen molar-refractivity contribution < 1.29 is 14.3 Å². The van der Waals surface area contributed by atoms with Crippen molar-refractivity contribution in [1.29, 1.82) is 0 Å². The highest BCUT2D eigenvalue weighted by molar-refractivity contribution is 7.12. The predicted octanol–water partition coefficient (Wildman–Crippen LogP) is 0.269. The Morgan fingerprint density at radius 1 is 1.29 bits per heavy atom. The van der Waals surface area contributed by atoms with Gasteiger partial charge in [-0.15, -0.1) is 11.3 Å². The Balaban J connectivity index is 1.72. The predicted molar refractivity (Wildman–Crippen MR) is 81.5 cm³/mol. The molecule has 0 aromatic carbocycles. The van der Waals surface area contributed by atoms with E-state index in [1.54, 1.807) is 12.0 Å². The number of carbonyl (C=O) groups excluding carboxylic acids is 2. The minimum Gasteiger partial charge on any atom is -0.383 e. The molecule has 0 atom stereocenters. The van der Waals surface area contributed by atoms with Crippen LogP contribution in [-0.4, -0.2) is 74.6 Å². The van der Waals surface area contributed by atoms with Crippen molar-refractivity contribution >= 4 is 23.2 Å². The number of methoxy groups -OCH3 is 1. The number of nitrogens with zero attached hydrogens (tertiary/aromatic N) is 2. The molecule has 1 saturated heterocycles. The molecule has 2 amide bonds. The molecule has 0 aliphatic carbocycles. The van der Waals surface area contributed by atoms with Gasteiger partial charge in [0.25, 0.3) is 5.91 Å². The largest absolute Gasteiger partial charge is 0.383 e. The quantitative estimate of drug-likeness (QED) is 0.766. The van der Waals surface area contributed by atoms with Gasteiger partial charge in [0.05, 0.1) is 18.0 Å². The number of piperazine rings is 1. The van der Waals surface area contributed by atoms with E-state index in [0.29, 0.717) is 45.9 Å². The lowest BCUT2D eigenvalue weighted by Gasteiger charge is -2.34. The Labute approximate surface area is 128 Å². The van der Waals surface area contributed by atoms with Gasteiger partial charge in [0.15, 0.2) is 0 Å². The summed E-state index contributed by atoms with van der Waals surface area (Å²) in [7, 11) is 1.63. The Bertz CT molecular complexity index is 456. The number of hydrogen-bond acceptors (Lipinski definition) is 5. The van der Waals surface area contributed by atoms with Gasteiger partial charge >= 0.3 is 0 Å². The molecule has 116 valence electrons. The highest BCUT2D eigenvalue weighted by Gasteiger charge is 2.24. The van der Waals surface area contributed by atoms with Crippen LogP contribution in [0.4, 0.5) is 0 Å². The molecule has 2 heterocycles. The van der Waals surface area contributed by atoms with E-state index in [9.17, 15) is 9.59 Å². The lowest BCUT2D eigenvalue weighted by Crippen LogP contribution is -2.52. The fraction of sp³-hybridized carbons (Fsp3) is 0.571. The van der Waals surface area contributed by atoms with Gasteiger partial charge in [-0.05, 0) is 11.4 Å². The topological polar surface area (TPSA) is 61.9 Å². The van der Waals surface area contributed by atoms with Gasteiger partial charge in [0.1, 0.15) is 0 Å². The van der Waals surface area contributed by atoms with Crippen LogP contribution in [0.1, 0.15) is 9.67 Å². The molecule has 0 spiro atoms. The fourth-order valence-electron chi connectivity index (χ4n) is 2.20. The van der Waals surface area contributed by atoms with Crippen molar-refractivity contribution in [1.82, 2.24) is 15.1 Å². The van der Waals surface area contributed by atoms with Crippen molar-refractivity contribution in [2.45, 2.75) is 0 Å². The van der Waals surface area contributed by atoms with E-state index in [4.69, 9.17) is 4.74 Å². The van der Waals surface area contributed by atoms with E-state index < -0.39 is 0 Å². The molecule has 0 bridgehead atoms. The summed E-state index contributed by atoms with van der Waals surface area (Å²) < 4.78 is 4.91. The summed E-state index contributed by atoms with van der Waals surface area (Å²) in [6, 6.07) is 3.72. The lowest BCUT2D eigenvalue weighted by molar-refractivity contribution is -0.131. The molecule has 1 fully saturated rings. The third-order valence-electron chi connectivity index (χ3n) is 3.41. The zero-order chi connectivity index (χ0) is 15.1. The summed E-state index contributed by atoms with van der Waals surface area (Å²) in [5.74, 6) is 0.143. The molecule has 2 rings (SSSR count). The van der Waals surface area contributed by atoms with Crippen molar-refractivity contribution in [2.75, 3.05) is 53.0 Å². The van der Waals surface area contributed by atoms with Gasteiger partial charge in [0, 0.05) is 39.8 Å². The SMILES string of the molecule is COCCNCC(=O)N1CCN(C(=O)c2cccs2)CC1. The molecule has 0 saturated carbocycles. The number of hydrogen-bond donors (Lipinski definition) is 1. The normalized spacial score (nSPS) is 15.3. The summed E-state index contributed by atoms with van der Waals surface area (Å²) in [6.07, 6.45) is 0. The first-order valence-electron chi connectivity index (χ1n) is 7.02. The molecule has 1 aliphatic rings. The van der Waals surface area contributed by atoms with Crippen LogP contribution in [0.25, 0.3) is 0 Å². The monoisotopic (exact) mass is 311 g/mol. The summed E-state index contributed by atoms with van der Waals surface area (Å²) in [4.78, 5) is 28.6. The molecule has 7 heteroatoms. The first kappa shape index (κ1) is 15.9. The van der Waals surface area contributed by atoms with E-state index in [1.165, 1.54) is 11.3 Å². The second-order valence-corrected chi connectivity index (χ2v) is 5.77. The minimum absolute atomic E-state index is 0.0651. The maximum absolute atomic E-state index is 12.2. The molecule has 21 heavy (non-hydrogen) atoms. The molecular formula is C14H21N3O3S. The van der Waals surface area contributed by atoms with Crippen LogP contribution in [0.3, 0.4) is 0 Å². The maximum atomic E-state index is 12.2. The highest BCUT2D eigenvalue weighted by Crippen LogP contribution is 2.13. The van der Waals surface area contributed by atoms with Crippen LogP contribution >= 0.6 is 11.3 Å². The Morgan fingerprint density at radius 3 is 2.62 bits per heavy atom. The molecule has 1 aromatic rings. The van der Waals surface area contributed by atoms with Gasteiger partial charge in [-0.1, -0.05) is 6.07 Å². The lowest BCUT2D eigenvalue weighted by atomic mass is 10.3. The van der Waals surface area contributed by atoms with E-state index >= 15 is 0 Å². The van der Waals surface area contributed by atoms with Crippen LogP contribution in [-0.2, 0) is 9.53 Å². The van der Waals surface area contributed by atoms with E-state index in [-0.39, 0.29) is 11.8 Å². The highest BCUT2D eigenvalue weighted by atomic mass is 32.1. The van der Waals surface area contributed by atoms with Gasteiger partial charge in [-0.3, -0.25) is 9.59 Å². The molecular weight excluding hydrogens is 290 g/mol. The zero-order valence-corrected chi connectivity index (χ0v) is 13.0. The maximum Gasteiger partial charge on any atom is 0.264 e. The van der Waals surface area contributed by atoms with Crippen LogP contribution in [0, 0.1) is 0 Å². The Hall–Kier alpha value is -1.44. The van der Waals surface area contributed by atoms with E-state index in [0.717, 1.165) is 4.88 Å². The zero-order valence-electron chi connectivity index (χ0n) is 12.2. The Morgan fingerprint density at radius 2 is 2.00 bits per heavy atom. The summed E-state index contributed by atoms with van der Waals surface area (Å²) >= 11 is 1.45. The van der Waals surface area contributed by atoms with Crippen molar-refractivity contribution in [2.24, 2.45) is 0 Å². The average Bonchev–Trinajstić information content (AvgIpc) is 3.05. The molecule has 6 nitrogen and oxygen atoms in total. The van der Waals surface area contributed by atoms with E-state index in [1.807, 2.05) is 22.4 Å². The number of nitrogens with one attached hydrogen (secondary N) is 1. The number of rotatable bonds is 6. The summed E-state index contributed by atoms with van der Waals surface area (Å²) in [5, 5.41) is 4.95. The van der Waals surface area contributed by atoms with Crippen molar-refractivity contribution in [3.05, 3.63) is 22.4 Å².